The molecule has 6 nitrogen and oxygen atoms in total. The third kappa shape index (κ3) is 6.15. The smallest absolute Gasteiger partial charge is 0.266 e. The lowest BCUT2D eigenvalue weighted by Crippen LogP contribution is -2.49. The molecule has 0 spiro atoms. The van der Waals surface area contributed by atoms with E-state index in [0.717, 1.165) is 11.1 Å². The average Bonchev–Trinajstić information content (AvgIpc) is 2.69. The van der Waals surface area contributed by atoms with Crippen LogP contribution in [0.4, 0.5) is 5.69 Å². The zero-order chi connectivity index (χ0) is 20.5. The van der Waals surface area contributed by atoms with Gasteiger partial charge in [0.1, 0.15) is 6.04 Å². The Morgan fingerprint density at radius 1 is 1.00 bits per heavy atom. The molecule has 0 radical (unpaired) electrons. The molecule has 0 fully saturated rings. The summed E-state index contributed by atoms with van der Waals surface area (Å²) in [5.74, 6) is 5.29. The van der Waals surface area contributed by atoms with E-state index in [9.17, 15) is 9.59 Å². The van der Waals surface area contributed by atoms with Crippen LogP contribution in [0.3, 0.4) is 0 Å². The van der Waals surface area contributed by atoms with Crippen molar-refractivity contribution >= 4 is 17.5 Å². The SMILES string of the molecule is CCONC(=O)[C@@H](NC(=O)c1ccc(C#Cc2ccc(N)cc2)cc1)C(C)C. The summed E-state index contributed by atoms with van der Waals surface area (Å²) in [6.45, 7) is 5.82. The summed E-state index contributed by atoms with van der Waals surface area (Å²) in [6, 6.07) is 13.5. The maximum atomic E-state index is 12.5. The van der Waals surface area contributed by atoms with Gasteiger partial charge in [0.25, 0.3) is 11.8 Å². The van der Waals surface area contributed by atoms with Gasteiger partial charge in [-0.3, -0.25) is 14.4 Å². The molecule has 4 N–H and O–H groups in total. The van der Waals surface area contributed by atoms with Gasteiger partial charge >= 0.3 is 0 Å². The number of hydrogen-bond acceptors (Lipinski definition) is 4. The Kier molecular flexibility index (Phi) is 7.61. The number of rotatable bonds is 6. The molecule has 28 heavy (non-hydrogen) atoms. The molecule has 0 saturated carbocycles. The van der Waals surface area contributed by atoms with E-state index in [0.29, 0.717) is 17.9 Å². The first-order valence-corrected chi connectivity index (χ1v) is 9.10. The second-order valence-corrected chi connectivity index (χ2v) is 6.54. The van der Waals surface area contributed by atoms with Crippen molar-refractivity contribution in [2.75, 3.05) is 12.3 Å². The van der Waals surface area contributed by atoms with Gasteiger partial charge in [-0.25, -0.2) is 5.48 Å². The van der Waals surface area contributed by atoms with Crippen LogP contribution in [0.15, 0.2) is 48.5 Å². The molecule has 0 aliphatic carbocycles. The van der Waals surface area contributed by atoms with E-state index >= 15 is 0 Å². The molecule has 0 heterocycles. The number of amides is 2. The topological polar surface area (TPSA) is 93.5 Å². The summed E-state index contributed by atoms with van der Waals surface area (Å²) in [7, 11) is 0. The first-order valence-electron chi connectivity index (χ1n) is 9.10. The minimum absolute atomic E-state index is 0.0885. The Labute approximate surface area is 165 Å². The Morgan fingerprint density at radius 3 is 2.04 bits per heavy atom. The molecule has 0 aromatic heterocycles. The minimum Gasteiger partial charge on any atom is -0.399 e. The largest absolute Gasteiger partial charge is 0.399 e. The van der Waals surface area contributed by atoms with Crippen molar-refractivity contribution in [3.05, 3.63) is 65.2 Å². The molecule has 0 aliphatic heterocycles. The molecule has 2 amide bonds. The van der Waals surface area contributed by atoms with Gasteiger partial charge in [0.2, 0.25) is 0 Å². The summed E-state index contributed by atoms with van der Waals surface area (Å²) in [6.07, 6.45) is 0. The summed E-state index contributed by atoms with van der Waals surface area (Å²) in [5.41, 5.74) is 10.8. The van der Waals surface area contributed by atoms with Crippen LogP contribution in [0.5, 0.6) is 0 Å². The number of carbonyl (C=O) groups excluding carboxylic acids is 2. The van der Waals surface area contributed by atoms with Gasteiger partial charge < -0.3 is 11.1 Å². The molecule has 6 heteroatoms. The van der Waals surface area contributed by atoms with Crippen LogP contribution in [-0.2, 0) is 9.63 Å². The fourth-order valence-corrected chi connectivity index (χ4v) is 2.38. The summed E-state index contributed by atoms with van der Waals surface area (Å²) in [4.78, 5) is 29.5. The maximum absolute atomic E-state index is 12.5. The van der Waals surface area contributed by atoms with Crippen molar-refractivity contribution in [2.45, 2.75) is 26.8 Å². The van der Waals surface area contributed by atoms with E-state index in [2.05, 4.69) is 22.6 Å². The lowest BCUT2D eigenvalue weighted by molar-refractivity contribution is -0.136. The van der Waals surface area contributed by atoms with Crippen LogP contribution in [-0.4, -0.2) is 24.5 Å². The fourth-order valence-electron chi connectivity index (χ4n) is 2.38. The Morgan fingerprint density at radius 2 is 1.54 bits per heavy atom. The maximum Gasteiger partial charge on any atom is 0.266 e. The summed E-state index contributed by atoms with van der Waals surface area (Å²) >= 11 is 0. The zero-order valence-electron chi connectivity index (χ0n) is 16.3. The second kappa shape index (κ2) is 10.1. The molecular formula is C22H25N3O3. The van der Waals surface area contributed by atoms with Crippen molar-refractivity contribution < 1.29 is 14.4 Å². The van der Waals surface area contributed by atoms with Gasteiger partial charge in [0.05, 0.1) is 6.61 Å². The Hall–Kier alpha value is -3.30. The van der Waals surface area contributed by atoms with Crippen molar-refractivity contribution in [3.63, 3.8) is 0 Å². The van der Waals surface area contributed by atoms with Crippen molar-refractivity contribution in [2.24, 2.45) is 5.92 Å². The molecule has 0 aliphatic rings. The van der Waals surface area contributed by atoms with Crippen molar-refractivity contribution in [1.29, 1.82) is 0 Å². The van der Waals surface area contributed by atoms with Gasteiger partial charge in [-0.05, 0) is 61.4 Å². The molecular weight excluding hydrogens is 354 g/mol. The fraction of sp³-hybridized carbons (Fsp3) is 0.273. The highest BCUT2D eigenvalue weighted by Crippen LogP contribution is 2.08. The van der Waals surface area contributed by atoms with Crippen molar-refractivity contribution in [3.8, 4) is 11.8 Å². The summed E-state index contributed by atoms with van der Waals surface area (Å²) < 4.78 is 0. The standard InChI is InChI=1S/C22H25N3O3/c1-4-28-25-22(27)20(15(2)3)24-21(26)18-11-7-16(8-12-18)5-6-17-9-13-19(23)14-10-17/h7-15,20H,4,23H2,1-3H3,(H,24,26)(H,25,27)/t20-/m0/s1. The van der Waals surface area contributed by atoms with Gasteiger partial charge in [-0.2, -0.15) is 0 Å². The highest BCUT2D eigenvalue weighted by atomic mass is 16.6. The highest BCUT2D eigenvalue weighted by molar-refractivity contribution is 5.97. The van der Waals surface area contributed by atoms with Crippen LogP contribution in [0.25, 0.3) is 0 Å². The first kappa shape index (κ1) is 21.0. The molecule has 0 saturated heterocycles. The van der Waals surface area contributed by atoms with E-state index < -0.39 is 6.04 Å². The number of benzene rings is 2. The number of nitrogens with one attached hydrogen (secondary N) is 2. The van der Waals surface area contributed by atoms with Crippen LogP contribution >= 0.6 is 0 Å². The number of carbonyl (C=O) groups is 2. The number of hydroxylamine groups is 1. The molecule has 0 bridgehead atoms. The summed E-state index contributed by atoms with van der Waals surface area (Å²) in [5, 5.41) is 2.75. The van der Waals surface area contributed by atoms with Gasteiger partial charge in [0, 0.05) is 22.4 Å². The third-order valence-corrected chi connectivity index (χ3v) is 3.96. The number of nitrogens with two attached hydrogens (primary N) is 1. The van der Waals surface area contributed by atoms with Crippen LogP contribution < -0.4 is 16.5 Å². The van der Waals surface area contributed by atoms with E-state index in [1.165, 1.54) is 0 Å². The lowest BCUT2D eigenvalue weighted by atomic mass is 10.0. The van der Waals surface area contributed by atoms with Gasteiger partial charge in [-0.1, -0.05) is 25.7 Å². The lowest BCUT2D eigenvalue weighted by Gasteiger charge is -2.21. The quantitative estimate of drug-likeness (QED) is 0.408. The molecule has 1 atom stereocenters. The zero-order valence-corrected chi connectivity index (χ0v) is 16.3. The van der Waals surface area contributed by atoms with Crippen LogP contribution in [0, 0.1) is 17.8 Å². The monoisotopic (exact) mass is 379 g/mol. The van der Waals surface area contributed by atoms with Gasteiger partial charge in [-0.15, -0.1) is 0 Å². The predicted octanol–water partition coefficient (Wildman–Crippen LogP) is 2.49. The minimum atomic E-state index is -0.691. The van der Waals surface area contributed by atoms with E-state index in [-0.39, 0.29) is 17.7 Å². The molecule has 2 aromatic carbocycles. The third-order valence-electron chi connectivity index (χ3n) is 3.96. The normalized spacial score (nSPS) is 11.3. The molecule has 2 rings (SSSR count). The number of nitrogen functional groups attached to an aromatic ring is 1. The second-order valence-electron chi connectivity index (χ2n) is 6.54. The van der Waals surface area contributed by atoms with E-state index in [1.54, 1.807) is 43.3 Å². The Balaban J connectivity index is 2.04. The highest BCUT2D eigenvalue weighted by Gasteiger charge is 2.24. The molecule has 2 aromatic rings. The number of hydrogen-bond donors (Lipinski definition) is 3. The van der Waals surface area contributed by atoms with Crippen LogP contribution in [0.1, 0.15) is 42.3 Å². The molecule has 146 valence electrons. The average molecular weight is 379 g/mol. The van der Waals surface area contributed by atoms with E-state index in [4.69, 9.17) is 10.6 Å². The van der Waals surface area contributed by atoms with E-state index in [1.807, 2.05) is 26.0 Å². The molecule has 0 unspecified atom stereocenters. The van der Waals surface area contributed by atoms with Crippen molar-refractivity contribution in [1.82, 2.24) is 10.8 Å². The first-order chi connectivity index (χ1) is 13.4. The predicted molar refractivity (Wildman–Crippen MR) is 109 cm³/mol. The van der Waals surface area contributed by atoms with Crippen LogP contribution in [0.2, 0.25) is 0 Å². The Bertz CT molecular complexity index is 863. The van der Waals surface area contributed by atoms with Gasteiger partial charge in [0.15, 0.2) is 0 Å². The number of anilines is 1.